The molecule has 0 bridgehead atoms. The molecule has 0 saturated carbocycles. The van der Waals surface area contributed by atoms with Crippen LogP contribution in [0.15, 0.2) is 12.2 Å². The molecule has 9 heavy (non-hydrogen) atoms. The second kappa shape index (κ2) is 3.25. The Morgan fingerprint density at radius 1 is 1.78 bits per heavy atom. The highest BCUT2D eigenvalue weighted by Gasteiger charge is 2.10. The molecule has 0 saturated heterocycles. The van der Waals surface area contributed by atoms with Crippen molar-refractivity contribution in [1.82, 2.24) is 0 Å². The summed E-state index contributed by atoms with van der Waals surface area (Å²) in [6.45, 7) is 4.76. The summed E-state index contributed by atoms with van der Waals surface area (Å²) < 4.78 is 4.27. The van der Waals surface area contributed by atoms with Gasteiger partial charge in [0.1, 0.15) is 0 Å². The van der Waals surface area contributed by atoms with Crippen LogP contribution in [0.3, 0.4) is 0 Å². The predicted octanol–water partition coefficient (Wildman–Crippen LogP) is 0.0964. The highest BCUT2D eigenvalue weighted by atomic mass is 16.5. The minimum atomic E-state index is -0.822. The highest BCUT2D eigenvalue weighted by Crippen LogP contribution is 1.98. The van der Waals surface area contributed by atoms with Crippen LogP contribution in [-0.4, -0.2) is 24.3 Å². The lowest BCUT2D eigenvalue weighted by molar-refractivity contribution is -0.137. The van der Waals surface area contributed by atoms with E-state index < -0.39 is 12.1 Å². The number of aliphatic hydroxyl groups excluding tert-OH is 1. The van der Waals surface area contributed by atoms with Crippen LogP contribution in [0.2, 0.25) is 0 Å². The third-order valence-electron chi connectivity index (χ3n) is 0.952. The van der Waals surface area contributed by atoms with Crippen molar-refractivity contribution in [2.75, 3.05) is 7.11 Å². The molecule has 0 amide bonds. The Bertz CT molecular complexity index is 126. The molecule has 52 valence electrons. The van der Waals surface area contributed by atoms with E-state index in [2.05, 4.69) is 11.3 Å². The molecular formula is C6H10O3. The molecule has 0 aromatic carbocycles. The summed E-state index contributed by atoms with van der Waals surface area (Å²) in [6.07, 6.45) is -0.822. The van der Waals surface area contributed by atoms with E-state index in [4.69, 9.17) is 5.11 Å². The fourth-order valence-electron chi connectivity index (χ4n) is 0.302. The molecule has 0 aliphatic heterocycles. The third-order valence-corrected chi connectivity index (χ3v) is 0.952. The standard InChI is InChI=1S/C6H10O3/c1-4(5(2)7)6(8)9-3/h5,7H,1H2,2-3H3/t5-/m1/s1. The Kier molecular flexibility index (Phi) is 2.95. The van der Waals surface area contributed by atoms with Crippen LogP contribution in [0.5, 0.6) is 0 Å². The van der Waals surface area contributed by atoms with Crippen LogP contribution >= 0.6 is 0 Å². The largest absolute Gasteiger partial charge is 0.466 e. The number of hydrogen-bond donors (Lipinski definition) is 1. The van der Waals surface area contributed by atoms with Gasteiger partial charge in [-0.3, -0.25) is 0 Å². The van der Waals surface area contributed by atoms with Gasteiger partial charge in [0.2, 0.25) is 0 Å². The van der Waals surface area contributed by atoms with Crippen molar-refractivity contribution in [3.63, 3.8) is 0 Å². The molecular weight excluding hydrogens is 120 g/mol. The minimum Gasteiger partial charge on any atom is -0.466 e. The number of carbonyl (C=O) groups excluding carboxylic acids is 1. The van der Waals surface area contributed by atoms with E-state index in [-0.39, 0.29) is 5.57 Å². The van der Waals surface area contributed by atoms with Crippen molar-refractivity contribution in [1.29, 1.82) is 0 Å². The lowest BCUT2D eigenvalue weighted by Gasteiger charge is -2.03. The van der Waals surface area contributed by atoms with Crippen molar-refractivity contribution >= 4 is 5.97 Å². The van der Waals surface area contributed by atoms with Crippen LogP contribution in [-0.2, 0) is 9.53 Å². The number of ether oxygens (including phenoxy) is 1. The zero-order chi connectivity index (χ0) is 7.44. The van der Waals surface area contributed by atoms with Crippen LogP contribution in [0.4, 0.5) is 0 Å². The Morgan fingerprint density at radius 3 is 2.33 bits per heavy atom. The molecule has 0 unspecified atom stereocenters. The van der Waals surface area contributed by atoms with Gasteiger partial charge in [-0.15, -0.1) is 0 Å². The molecule has 3 nitrogen and oxygen atoms in total. The summed E-state index contributed by atoms with van der Waals surface area (Å²) in [5.41, 5.74) is 0.0810. The zero-order valence-electron chi connectivity index (χ0n) is 5.55. The molecule has 0 fully saturated rings. The van der Waals surface area contributed by atoms with E-state index in [9.17, 15) is 4.79 Å². The second-order valence-electron chi connectivity index (χ2n) is 1.69. The monoisotopic (exact) mass is 130 g/mol. The summed E-state index contributed by atoms with van der Waals surface area (Å²) >= 11 is 0. The summed E-state index contributed by atoms with van der Waals surface area (Å²) in [5, 5.41) is 8.72. The van der Waals surface area contributed by atoms with Crippen molar-refractivity contribution < 1.29 is 14.6 Å². The summed E-state index contributed by atoms with van der Waals surface area (Å²) in [7, 11) is 1.25. The maximum atomic E-state index is 10.5. The van der Waals surface area contributed by atoms with Crippen molar-refractivity contribution in [3.05, 3.63) is 12.2 Å². The van der Waals surface area contributed by atoms with Crippen LogP contribution < -0.4 is 0 Å². The second-order valence-corrected chi connectivity index (χ2v) is 1.69. The molecule has 0 rings (SSSR count). The van der Waals surface area contributed by atoms with Gasteiger partial charge in [-0.05, 0) is 6.92 Å². The topological polar surface area (TPSA) is 46.5 Å². The normalized spacial score (nSPS) is 12.3. The maximum absolute atomic E-state index is 10.5. The fourth-order valence-corrected chi connectivity index (χ4v) is 0.302. The first-order valence-corrected chi connectivity index (χ1v) is 2.54. The van der Waals surface area contributed by atoms with Gasteiger partial charge in [0, 0.05) is 0 Å². The molecule has 0 aromatic rings. The quantitative estimate of drug-likeness (QED) is 0.426. The highest BCUT2D eigenvalue weighted by molar-refractivity contribution is 5.88. The van der Waals surface area contributed by atoms with Crippen LogP contribution in [0.1, 0.15) is 6.92 Å². The van der Waals surface area contributed by atoms with Gasteiger partial charge in [-0.25, -0.2) is 4.79 Å². The Morgan fingerprint density at radius 2 is 2.22 bits per heavy atom. The zero-order valence-corrected chi connectivity index (χ0v) is 5.55. The lowest BCUT2D eigenvalue weighted by Crippen LogP contribution is -2.14. The molecule has 0 aliphatic rings. The summed E-state index contributed by atoms with van der Waals surface area (Å²) in [6, 6.07) is 0. The van der Waals surface area contributed by atoms with Crippen molar-refractivity contribution in [2.24, 2.45) is 0 Å². The number of rotatable bonds is 2. The molecule has 0 spiro atoms. The van der Waals surface area contributed by atoms with Gasteiger partial charge < -0.3 is 9.84 Å². The third kappa shape index (κ3) is 2.28. The predicted molar refractivity (Wildman–Crippen MR) is 32.8 cm³/mol. The molecule has 0 aromatic heterocycles. The molecule has 0 aliphatic carbocycles. The van der Waals surface area contributed by atoms with Crippen molar-refractivity contribution in [2.45, 2.75) is 13.0 Å². The first kappa shape index (κ1) is 8.17. The van der Waals surface area contributed by atoms with Gasteiger partial charge in [-0.1, -0.05) is 6.58 Å². The van der Waals surface area contributed by atoms with Crippen molar-refractivity contribution in [3.8, 4) is 0 Å². The number of esters is 1. The van der Waals surface area contributed by atoms with Crippen LogP contribution in [0, 0.1) is 0 Å². The van der Waals surface area contributed by atoms with E-state index >= 15 is 0 Å². The summed E-state index contributed by atoms with van der Waals surface area (Å²) in [4.78, 5) is 10.5. The van der Waals surface area contributed by atoms with Gasteiger partial charge in [0.15, 0.2) is 0 Å². The first-order valence-electron chi connectivity index (χ1n) is 2.54. The Labute approximate surface area is 53.9 Å². The van der Waals surface area contributed by atoms with E-state index in [1.807, 2.05) is 0 Å². The van der Waals surface area contributed by atoms with Gasteiger partial charge in [0.05, 0.1) is 18.8 Å². The number of aliphatic hydroxyl groups is 1. The Balaban J connectivity index is 3.89. The average molecular weight is 130 g/mol. The molecule has 1 atom stereocenters. The van der Waals surface area contributed by atoms with E-state index in [1.54, 1.807) is 0 Å². The lowest BCUT2D eigenvalue weighted by atomic mass is 10.2. The maximum Gasteiger partial charge on any atom is 0.335 e. The number of carbonyl (C=O) groups is 1. The Hall–Kier alpha value is -0.830. The molecule has 0 heterocycles. The van der Waals surface area contributed by atoms with Gasteiger partial charge in [-0.2, -0.15) is 0 Å². The minimum absolute atomic E-state index is 0.0810. The number of hydrogen-bond acceptors (Lipinski definition) is 3. The SMILES string of the molecule is C=C(C(=O)OC)[C@@H](C)O. The fraction of sp³-hybridized carbons (Fsp3) is 0.500. The molecule has 0 radical (unpaired) electrons. The van der Waals surface area contributed by atoms with Gasteiger partial charge in [0.25, 0.3) is 0 Å². The van der Waals surface area contributed by atoms with E-state index in [1.165, 1.54) is 14.0 Å². The smallest absolute Gasteiger partial charge is 0.335 e. The summed E-state index contributed by atoms with van der Waals surface area (Å²) in [5.74, 6) is -0.565. The first-order chi connectivity index (χ1) is 4.09. The molecule has 3 heteroatoms. The van der Waals surface area contributed by atoms with Crippen LogP contribution in [0.25, 0.3) is 0 Å². The average Bonchev–Trinajstić information content (AvgIpc) is 1.84. The van der Waals surface area contributed by atoms with E-state index in [0.29, 0.717) is 0 Å². The molecule has 1 N–H and O–H groups in total. The number of methoxy groups -OCH3 is 1. The van der Waals surface area contributed by atoms with Gasteiger partial charge >= 0.3 is 5.97 Å². The van der Waals surface area contributed by atoms with E-state index in [0.717, 1.165) is 0 Å².